The second kappa shape index (κ2) is 9.23. The van der Waals surface area contributed by atoms with Gasteiger partial charge in [0.15, 0.2) is 5.75 Å². The number of benzene rings is 2. The second-order valence-electron chi connectivity index (χ2n) is 6.58. The van der Waals surface area contributed by atoms with Gasteiger partial charge in [0.2, 0.25) is 5.88 Å². The van der Waals surface area contributed by atoms with Crippen LogP contribution in [0.1, 0.15) is 17.2 Å². The molecule has 0 amide bonds. The number of rotatable bonds is 7. The summed E-state index contributed by atoms with van der Waals surface area (Å²) < 4.78 is 5.73. The third-order valence-electron chi connectivity index (χ3n) is 4.55. The van der Waals surface area contributed by atoms with Crippen LogP contribution < -0.4 is 10.1 Å². The molecule has 7 nitrogen and oxygen atoms in total. The monoisotopic (exact) mass is 432 g/mol. The number of aromatic nitrogens is 2. The zero-order valence-electron chi connectivity index (χ0n) is 16.2. The van der Waals surface area contributed by atoms with Gasteiger partial charge >= 0.3 is 0 Å². The molecule has 2 aromatic heterocycles. The minimum absolute atomic E-state index is 0.121. The Morgan fingerprint density at radius 3 is 2.10 bits per heavy atom. The molecule has 0 unspecified atom stereocenters. The van der Waals surface area contributed by atoms with Crippen molar-refractivity contribution >= 4 is 23.1 Å². The van der Waals surface area contributed by atoms with E-state index >= 15 is 0 Å². The van der Waals surface area contributed by atoms with Crippen LogP contribution in [0, 0.1) is 10.1 Å². The van der Waals surface area contributed by atoms with Gasteiger partial charge in [0, 0.05) is 24.4 Å². The third kappa shape index (κ3) is 4.79. The molecule has 0 radical (unpaired) electrons. The first kappa shape index (κ1) is 20.3. The molecule has 0 aliphatic heterocycles. The average Bonchev–Trinajstić information content (AvgIpc) is 2.81. The SMILES string of the molecule is O=[N+]([O-])c1ccc(Oc2ccnc(NC(c3ccccc3)c3ccccc3)c2Cl)nc1. The van der Waals surface area contributed by atoms with Gasteiger partial charge in [-0.1, -0.05) is 72.3 Å². The molecule has 4 rings (SSSR count). The van der Waals surface area contributed by atoms with Crippen LogP contribution in [0.2, 0.25) is 5.02 Å². The highest BCUT2D eigenvalue weighted by Crippen LogP contribution is 2.36. The minimum atomic E-state index is -0.522. The number of nitro groups is 1. The van der Waals surface area contributed by atoms with E-state index in [1.807, 2.05) is 60.7 Å². The normalized spacial score (nSPS) is 10.6. The predicted octanol–water partition coefficient (Wildman–Crippen LogP) is 6.03. The summed E-state index contributed by atoms with van der Waals surface area (Å²) in [5.41, 5.74) is 1.98. The molecule has 0 atom stereocenters. The highest BCUT2D eigenvalue weighted by atomic mass is 35.5. The Kier molecular flexibility index (Phi) is 6.05. The smallest absolute Gasteiger partial charge is 0.287 e. The van der Waals surface area contributed by atoms with E-state index in [0.29, 0.717) is 11.6 Å². The molecule has 8 heteroatoms. The van der Waals surface area contributed by atoms with Crippen molar-refractivity contribution in [2.45, 2.75) is 6.04 Å². The van der Waals surface area contributed by atoms with E-state index in [1.165, 1.54) is 12.1 Å². The third-order valence-corrected chi connectivity index (χ3v) is 4.91. The molecule has 0 bridgehead atoms. The van der Waals surface area contributed by atoms with Gasteiger partial charge in [0.1, 0.15) is 17.0 Å². The molecular formula is C23H17ClN4O3. The van der Waals surface area contributed by atoms with Gasteiger partial charge in [0.05, 0.1) is 11.0 Å². The largest absolute Gasteiger partial charge is 0.437 e. The highest BCUT2D eigenvalue weighted by molar-refractivity contribution is 6.34. The molecule has 4 aromatic rings. The summed E-state index contributed by atoms with van der Waals surface area (Å²) in [4.78, 5) is 18.6. The summed E-state index contributed by atoms with van der Waals surface area (Å²) in [6, 6.07) is 24.1. The molecule has 1 N–H and O–H groups in total. The second-order valence-corrected chi connectivity index (χ2v) is 6.96. The Labute approximate surface area is 183 Å². The van der Waals surface area contributed by atoms with E-state index in [4.69, 9.17) is 16.3 Å². The molecule has 2 aromatic carbocycles. The van der Waals surface area contributed by atoms with E-state index < -0.39 is 4.92 Å². The fourth-order valence-corrected chi connectivity index (χ4v) is 3.25. The molecule has 0 aliphatic rings. The van der Waals surface area contributed by atoms with Crippen molar-refractivity contribution in [1.82, 2.24) is 9.97 Å². The van der Waals surface area contributed by atoms with Gasteiger partial charge in [-0.3, -0.25) is 10.1 Å². The van der Waals surface area contributed by atoms with Gasteiger partial charge in [0.25, 0.3) is 5.69 Å². The summed E-state index contributed by atoms with van der Waals surface area (Å²) in [5, 5.41) is 14.5. The van der Waals surface area contributed by atoms with E-state index in [9.17, 15) is 10.1 Å². The van der Waals surface area contributed by atoms with Crippen LogP contribution in [0.4, 0.5) is 11.5 Å². The minimum Gasteiger partial charge on any atom is -0.437 e. The molecule has 0 aliphatic carbocycles. The van der Waals surface area contributed by atoms with Crippen molar-refractivity contribution in [1.29, 1.82) is 0 Å². The molecule has 31 heavy (non-hydrogen) atoms. The number of nitrogens with zero attached hydrogens (tertiary/aromatic N) is 3. The Morgan fingerprint density at radius 2 is 1.55 bits per heavy atom. The standard InChI is InChI=1S/C23H17ClN4O3/c24-21-19(31-20-12-11-18(15-26-20)28(29)30)13-14-25-23(21)27-22(16-7-3-1-4-8-16)17-9-5-2-6-10-17/h1-15,22H,(H,25,27). The highest BCUT2D eigenvalue weighted by Gasteiger charge is 2.18. The van der Waals surface area contributed by atoms with E-state index in [0.717, 1.165) is 17.3 Å². The van der Waals surface area contributed by atoms with Crippen LogP contribution in [-0.4, -0.2) is 14.9 Å². The van der Waals surface area contributed by atoms with Gasteiger partial charge in [-0.05, 0) is 11.1 Å². The van der Waals surface area contributed by atoms with E-state index in [1.54, 1.807) is 12.3 Å². The fraction of sp³-hybridized carbons (Fsp3) is 0.0435. The van der Waals surface area contributed by atoms with Crippen LogP contribution in [0.5, 0.6) is 11.6 Å². The quantitative estimate of drug-likeness (QED) is 0.283. The van der Waals surface area contributed by atoms with Crippen molar-refractivity contribution in [3.05, 3.63) is 118 Å². The summed E-state index contributed by atoms with van der Waals surface area (Å²) in [6.45, 7) is 0. The molecule has 0 saturated heterocycles. The molecule has 154 valence electrons. The number of anilines is 1. The van der Waals surface area contributed by atoms with Gasteiger partial charge in [-0.2, -0.15) is 0 Å². The maximum Gasteiger partial charge on any atom is 0.287 e. The van der Waals surface area contributed by atoms with Crippen LogP contribution >= 0.6 is 11.6 Å². The van der Waals surface area contributed by atoms with Crippen LogP contribution in [-0.2, 0) is 0 Å². The van der Waals surface area contributed by atoms with Gasteiger partial charge in [-0.25, -0.2) is 9.97 Å². The summed E-state index contributed by atoms with van der Waals surface area (Å²) in [7, 11) is 0. The Morgan fingerprint density at radius 1 is 0.903 bits per heavy atom. The first-order chi connectivity index (χ1) is 15.1. The zero-order valence-corrected chi connectivity index (χ0v) is 16.9. The first-order valence-electron chi connectivity index (χ1n) is 9.41. The lowest BCUT2D eigenvalue weighted by Crippen LogP contribution is -2.13. The van der Waals surface area contributed by atoms with Crippen molar-refractivity contribution < 1.29 is 9.66 Å². The van der Waals surface area contributed by atoms with E-state index in [2.05, 4.69) is 15.3 Å². The Hall–Kier alpha value is -3.97. The van der Waals surface area contributed by atoms with Crippen LogP contribution in [0.3, 0.4) is 0 Å². The van der Waals surface area contributed by atoms with Crippen LogP contribution in [0.25, 0.3) is 0 Å². The molecular weight excluding hydrogens is 416 g/mol. The number of hydrogen-bond donors (Lipinski definition) is 1. The number of hydrogen-bond acceptors (Lipinski definition) is 6. The summed E-state index contributed by atoms with van der Waals surface area (Å²) in [5.74, 6) is 0.964. The Balaban J connectivity index is 1.62. The number of ether oxygens (including phenoxy) is 1. The molecule has 0 saturated carbocycles. The summed E-state index contributed by atoms with van der Waals surface area (Å²) in [6.07, 6.45) is 2.70. The summed E-state index contributed by atoms with van der Waals surface area (Å²) >= 11 is 6.57. The molecule has 2 heterocycles. The fourth-order valence-electron chi connectivity index (χ4n) is 3.05. The first-order valence-corrected chi connectivity index (χ1v) is 9.79. The Bertz CT molecular complexity index is 1130. The zero-order chi connectivity index (χ0) is 21.6. The lowest BCUT2D eigenvalue weighted by molar-refractivity contribution is -0.385. The molecule has 0 spiro atoms. The lowest BCUT2D eigenvalue weighted by atomic mass is 9.99. The number of nitrogens with one attached hydrogen (secondary N) is 1. The van der Waals surface area contributed by atoms with Crippen molar-refractivity contribution in [3.8, 4) is 11.6 Å². The average molecular weight is 433 g/mol. The van der Waals surface area contributed by atoms with E-state index in [-0.39, 0.29) is 22.6 Å². The topological polar surface area (TPSA) is 90.2 Å². The predicted molar refractivity (Wildman–Crippen MR) is 119 cm³/mol. The van der Waals surface area contributed by atoms with Crippen molar-refractivity contribution in [2.24, 2.45) is 0 Å². The number of pyridine rings is 2. The van der Waals surface area contributed by atoms with Gasteiger partial charge < -0.3 is 10.1 Å². The van der Waals surface area contributed by atoms with Crippen molar-refractivity contribution in [3.63, 3.8) is 0 Å². The van der Waals surface area contributed by atoms with Gasteiger partial charge in [-0.15, -0.1) is 0 Å². The maximum absolute atomic E-state index is 10.8. The van der Waals surface area contributed by atoms with Crippen molar-refractivity contribution in [2.75, 3.05) is 5.32 Å². The molecule has 0 fully saturated rings. The number of halogens is 1. The van der Waals surface area contributed by atoms with Crippen LogP contribution in [0.15, 0.2) is 91.3 Å². The lowest BCUT2D eigenvalue weighted by Gasteiger charge is -2.21. The maximum atomic E-state index is 10.8.